The number of rotatable bonds is 3. The summed E-state index contributed by atoms with van der Waals surface area (Å²) in [4.78, 5) is 24.3. The Kier molecular flexibility index (Phi) is 4.83. The first-order valence-electron chi connectivity index (χ1n) is 6.70. The Morgan fingerprint density at radius 3 is 2.30 bits per heavy atom. The summed E-state index contributed by atoms with van der Waals surface area (Å²) in [5.41, 5.74) is -0.811. The summed E-state index contributed by atoms with van der Waals surface area (Å²) in [6, 6.07) is 2.67. The van der Waals surface area contributed by atoms with Gasteiger partial charge in [-0.1, -0.05) is 0 Å². The Hall–Kier alpha value is -2.23. The van der Waals surface area contributed by atoms with E-state index in [4.69, 9.17) is 0 Å². The van der Waals surface area contributed by atoms with E-state index in [1.165, 1.54) is 4.90 Å². The van der Waals surface area contributed by atoms with E-state index in [1.54, 1.807) is 0 Å². The maximum Gasteiger partial charge on any atom is 0.401 e. The quantitative estimate of drug-likeness (QED) is 0.482. The fourth-order valence-corrected chi connectivity index (χ4v) is 2.32. The molecule has 1 amide bonds. The normalized spacial score (nSPS) is 16.4. The smallest absolute Gasteiger partial charge is 0.336 e. The molecular formula is C13H13F4N3O3. The molecule has 0 radical (unpaired) electrons. The number of carbonyl (C=O) groups excluding carboxylic acids is 1. The van der Waals surface area contributed by atoms with Crippen molar-refractivity contribution < 1.29 is 27.3 Å². The highest BCUT2D eigenvalue weighted by Crippen LogP contribution is 2.20. The number of hydrogen-bond donors (Lipinski definition) is 0. The summed E-state index contributed by atoms with van der Waals surface area (Å²) in [5, 5.41) is 10.5. The van der Waals surface area contributed by atoms with Crippen LogP contribution in [-0.2, 0) is 0 Å². The van der Waals surface area contributed by atoms with Crippen LogP contribution in [0.2, 0.25) is 0 Å². The number of benzene rings is 1. The van der Waals surface area contributed by atoms with Gasteiger partial charge in [0.1, 0.15) is 5.82 Å². The summed E-state index contributed by atoms with van der Waals surface area (Å²) in [7, 11) is 0. The summed E-state index contributed by atoms with van der Waals surface area (Å²) in [6.45, 7) is -0.933. The Morgan fingerprint density at radius 1 is 1.22 bits per heavy atom. The number of alkyl halides is 3. The summed E-state index contributed by atoms with van der Waals surface area (Å²) >= 11 is 0. The molecule has 0 atom stereocenters. The lowest BCUT2D eigenvalue weighted by Crippen LogP contribution is -2.51. The van der Waals surface area contributed by atoms with E-state index >= 15 is 0 Å². The zero-order valence-corrected chi connectivity index (χ0v) is 11.8. The molecule has 6 nitrogen and oxygen atoms in total. The van der Waals surface area contributed by atoms with Crippen LogP contribution in [0, 0.1) is 15.9 Å². The predicted octanol–water partition coefficient (Wildman–Crippen LogP) is 2.05. The number of nitro groups is 1. The lowest BCUT2D eigenvalue weighted by molar-refractivity contribution is -0.385. The Balaban J connectivity index is 2.01. The van der Waals surface area contributed by atoms with Crippen LogP contribution in [0.5, 0.6) is 0 Å². The second-order valence-electron chi connectivity index (χ2n) is 5.10. The summed E-state index contributed by atoms with van der Waals surface area (Å²) in [5.74, 6) is -1.72. The van der Waals surface area contributed by atoms with Crippen LogP contribution in [0.4, 0.5) is 23.2 Å². The molecule has 1 aliphatic rings. The third-order valence-corrected chi connectivity index (χ3v) is 3.46. The monoisotopic (exact) mass is 335 g/mol. The minimum absolute atomic E-state index is 0.0276. The lowest BCUT2D eigenvalue weighted by Gasteiger charge is -2.35. The van der Waals surface area contributed by atoms with Crippen LogP contribution < -0.4 is 0 Å². The molecule has 1 aliphatic heterocycles. The molecule has 0 saturated carbocycles. The van der Waals surface area contributed by atoms with Crippen LogP contribution in [0.15, 0.2) is 18.2 Å². The van der Waals surface area contributed by atoms with Crippen molar-refractivity contribution in [3.63, 3.8) is 0 Å². The topological polar surface area (TPSA) is 66.7 Å². The predicted molar refractivity (Wildman–Crippen MR) is 71.5 cm³/mol. The number of piperazine rings is 1. The largest absolute Gasteiger partial charge is 0.401 e. The maximum atomic E-state index is 13.8. The molecule has 0 unspecified atom stereocenters. The molecule has 23 heavy (non-hydrogen) atoms. The van der Waals surface area contributed by atoms with Crippen molar-refractivity contribution in [2.75, 3.05) is 32.7 Å². The number of nitro benzene ring substituents is 1. The fourth-order valence-electron chi connectivity index (χ4n) is 2.32. The van der Waals surface area contributed by atoms with Gasteiger partial charge in [0.05, 0.1) is 23.1 Å². The average molecular weight is 335 g/mol. The molecule has 1 fully saturated rings. The number of amides is 1. The van der Waals surface area contributed by atoms with Gasteiger partial charge in [0.25, 0.3) is 11.6 Å². The van der Waals surface area contributed by atoms with Gasteiger partial charge < -0.3 is 4.90 Å². The molecule has 126 valence electrons. The Labute approximate surface area is 128 Å². The van der Waals surface area contributed by atoms with Gasteiger partial charge in [0.2, 0.25) is 0 Å². The number of halogens is 4. The van der Waals surface area contributed by atoms with Crippen LogP contribution >= 0.6 is 0 Å². The van der Waals surface area contributed by atoms with Crippen molar-refractivity contribution in [2.24, 2.45) is 0 Å². The Morgan fingerprint density at radius 2 is 1.83 bits per heavy atom. The third-order valence-electron chi connectivity index (χ3n) is 3.46. The highest BCUT2D eigenvalue weighted by molar-refractivity contribution is 5.94. The minimum atomic E-state index is -4.31. The first-order valence-corrected chi connectivity index (χ1v) is 6.70. The SMILES string of the molecule is O=C(c1ccc([N+](=O)[O-])cc1F)N1CCN(CC(F)(F)F)CC1. The number of carbonyl (C=O) groups is 1. The van der Waals surface area contributed by atoms with Crippen LogP contribution in [0.1, 0.15) is 10.4 Å². The zero-order valence-electron chi connectivity index (χ0n) is 11.8. The molecule has 1 aromatic carbocycles. The summed E-state index contributed by atoms with van der Waals surface area (Å²) in [6.07, 6.45) is -4.31. The van der Waals surface area contributed by atoms with Crippen molar-refractivity contribution >= 4 is 11.6 Å². The number of nitrogens with zero attached hydrogens (tertiary/aromatic N) is 3. The third kappa shape index (κ3) is 4.38. The van der Waals surface area contributed by atoms with Gasteiger partial charge in [0.15, 0.2) is 0 Å². The van der Waals surface area contributed by atoms with E-state index < -0.39 is 35.1 Å². The van der Waals surface area contributed by atoms with Crippen LogP contribution in [0.3, 0.4) is 0 Å². The van der Waals surface area contributed by atoms with Crippen molar-refractivity contribution in [1.82, 2.24) is 9.80 Å². The van der Waals surface area contributed by atoms with Crippen LogP contribution in [0.25, 0.3) is 0 Å². The molecule has 0 aromatic heterocycles. The summed E-state index contributed by atoms with van der Waals surface area (Å²) < 4.78 is 50.7. The van der Waals surface area contributed by atoms with E-state index in [-0.39, 0.29) is 31.7 Å². The number of hydrogen-bond acceptors (Lipinski definition) is 4. The van der Waals surface area contributed by atoms with E-state index in [0.717, 1.165) is 17.0 Å². The second-order valence-corrected chi connectivity index (χ2v) is 5.10. The van der Waals surface area contributed by atoms with E-state index in [9.17, 15) is 32.5 Å². The van der Waals surface area contributed by atoms with Crippen LogP contribution in [-0.4, -0.2) is 59.5 Å². The van der Waals surface area contributed by atoms with Crippen molar-refractivity contribution in [3.05, 3.63) is 39.7 Å². The molecule has 0 N–H and O–H groups in total. The molecule has 0 aliphatic carbocycles. The Bertz CT molecular complexity index is 613. The molecule has 2 rings (SSSR count). The second kappa shape index (κ2) is 6.49. The lowest BCUT2D eigenvalue weighted by atomic mass is 10.1. The standard InChI is InChI=1S/C13H13F4N3O3/c14-11-7-9(20(22)23)1-2-10(11)12(21)19-5-3-18(4-6-19)8-13(15,16)17/h1-2,7H,3-6,8H2. The molecule has 1 aromatic rings. The molecule has 0 spiro atoms. The molecular weight excluding hydrogens is 322 g/mol. The van der Waals surface area contributed by atoms with Gasteiger partial charge in [-0.05, 0) is 6.07 Å². The van der Waals surface area contributed by atoms with E-state index in [2.05, 4.69) is 0 Å². The molecule has 1 saturated heterocycles. The highest BCUT2D eigenvalue weighted by Gasteiger charge is 2.33. The van der Waals surface area contributed by atoms with Gasteiger partial charge >= 0.3 is 6.18 Å². The first kappa shape index (κ1) is 17.1. The fraction of sp³-hybridized carbons (Fsp3) is 0.462. The van der Waals surface area contributed by atoms with Gasteiger partial charge in [-0.2, -0.15) is 13.2 Å². The first-order chi connectivity index (χ1) is 10.7. The van der Waals surface area contributed by atoms with E-state index in [0.29, 0.717) is 6.07 Å². The van der Waals surface area contributed by atoms with Gasteiger partial charge in [-0.15, -0.1) is 0 Å². The van der Waals surface area contributed by atoms with Gasteiger partial charge in [-0.25, -0.2) is 4.39 Å². The molecule has 0 bridgehead atoms. The number of non-ortho nitro benzene ring substituents is 1. The highest BCUT2D eigenvalue weighted by atomic mass is 19.4. The maximum absolute atomic E-state index is 13.8. The van der Waals surface area contributed by atoms with Gasteiger partial charge in [-0.3, -0.25) is 19.8 Å². The minimum Gasteiger partial charge on any atom is -0.336 e. The van der Waals surface area contributed by atoms with Crippen molar-refractivity contribution in [2.45, 2.75) is 6.18 Å². The van der Waals surface area contributed by atoms with Gasteiger partial charge in [0, 0.05) is 32.2 Å². The average Bonchev–Trinajstić information content (AvgIpc) is 2.45. The van der Waals surface area contributed by atoms with Crippen molar-refractivity contribution in [1.29, 1.82) is 0 Å². The van der Waals surface area contributed by atoms with E-state index in [1.807, 2.05) is 0 Å². The zero-order chi connectivity index (χ0) is 17.2. The molecule has 10 heteroatoms. The van der Waals surface area contributed by atoms with Crippen molar-refractivity contribution in [3.8, 4) is 0 Å². The molecule has 1 heterocycles.